The Morgan fingerprint density at radius 1 is 1.04 bits per heavy atom. The van der Waals surface area contributed by atoms with Gasteiger partial charge in [0.05, 0.1) is 25.8 Å². The number of pyridine rings is 1. The molecule has 2 rings (SSSR count). The maximum Gasteiger partial charge on any atom is 0.238 e. The van der Waals surface area contributed by atoms with Gasteiger partial charge in [-0.05, 0) is 25.1 Å². The Morgan fingerprint density at radius 3 is 2.37 bits per heavy atom. The van der Waals surface area contributed by atoms with E-state index in [1.807, 2.05) is 30.3 Å². The van der Waals surface area contributed by atoms with Gasteiger partial charge in [0.25, 0.3) is 0 Å². The van der Waals surface area contributed by atoms with E-state index >= 15 is 0 Å². The summed E-state index contributed by atoms with van der Waals surface area (Å²) >= 11 is 0. The number of para-hydroxylation sites is 1. The molecule has 7 heteroatoms. The second-order valence-electron chi connectivity index (χ2n) is 6.77. The lowest BCUT2D eigenvalue weighted by Gasteiger charge is -2.28. The standard InChI is InChI=1S/C20H31N3OSi.2ClH/c1-4-25(5-2,6-3)15-9-13-21-16-19(24)23-18-12-7-10-17-11-8-14-22-20(17)18;;/h7-8,10-12,14,21H,4-6,9,13,15-16H2,1-3H3,(H,23,24);2*1H. The minimum absolute atomic E-state index is 0. The van der Waals surface area contributed by atoms with Gasteiger partial charge in [-0.1, -0.05) is 63.1 Å². The van der Waals surface area contributed by atoms with E-state index in [4.69, 9.17) is 0 Å². The Labute approximate surface area is 176 Å². The molecule has 0 aliphatic carbocycles. The fourth-order valence-corrected chi connectivity index (χ4v) is 6.96. The van der Waals surface area contributed by atoms with Gasteiger partial charge < -0.3 is 10.6 Å². The number of carbonyl (C=O) groups is 1. The third-order valence-electron chi connectivity index (χ3n) is 5.50. The van der Waals surface area contributed by atoms with E-state index in [1.54, 1.807) is 6.20 Å². The quantitative estimate of drug-likeness (QED) is 0.386. The summed E-state index contributed by atoms with van der Waals surface area (Å²) in [7, 11) is -1.03. The second-order valence-corrected chi connectivity index (χ2v) is 12.4. The van der Waals surface area contributed by atoms with Gasteiger partial charge in [-0.3, -0.25) is 9.78 Å². The zero-order chi connectivity index (χ0) is 18.1. The first-order valence-electron chi connectivity index (χ1n) is 9.48. The number of halogens is 2. The molecule has 0 aliphatic heterocycles. The summed E-state index contributed by atoms with van der Waals surface area (Å²) in [6.07, 6.45) is 2.92. The topological polar surface area (TPSA) is 54.0 Å². The predicted molar refractivity (Wildman–Crippen MR) is 124 cm³/mol. The van der Waals surface area contributed by atoms with Crippen molar-refractivity contribution in [1.29, 1.82) is 0 Å². The minimum Gasteiger partial charge on any atom is -0.323 e. The highest BCUT2D eigenvalue weighted by Crippen LogP contribution is 2.26. The molecule has 4 nitrogen and oxygen atoms in total. The summed E-state index contributed by atoms with van der Waals surface area (Å²) in [5, 5.41) is 7.29. The fourth-order valence-electron chi connectivity index (χ4n) is 3.47. The number of hydrogen-bond donors (Lipinski definition) is 2. The van der Waals surface area contributed by atoms with Crippen molar-refractivity contribution >= 4 is 55.4 Å². The molecule has 0 spiro atoms. The molecule has 0 unspecified atom stereocenters. The van der Waals surface area contributed by atoms with Gasteiger partial charge in [-0.25, -0.2) is 0 Å². The number of nitrogens with zero attached hydrogens (tertiary/aromatic N) is 1. The number of benzene rings is 1. The normalized spacial score (nSPS) is 10.8. The van der Waals surface area contributed by atoms with Gasteiger partial charge in [0.15, 0.2) is 0 Å². The van der Waals surface area contributed by atoms with Gasteiger partial charge in [-0.15, -0.1) is 24.8 Å². The molecule has 0 saturated carbocycles. The van der Waals surface area contributed by atoms with Crippen LogP contribution in [0, 0.1) is 0 Å². The highest BCUT2D eigenvalue weighted by Gasteiger charge is 2.25. The Bertz CT molecular complexity index is 682. The Morgan fingerprint density at radius 2 is 1.70 bits per heavy atom. The molecule has 1 heterocycles. The van der Waals surface area contributed by atoms with Gasteiger partial charge in [0, 0.05) is 11.6 Å². The average Bonchev–Trinajstić information content (AvgIpc) is 2.65. The van der Waals surface area contributed by atoms with Crippen LogP contribution in [0.5, 0.6) is 0 Å². The van der Waals surface area contributed by atoms with Crippen molar-refractivity contribution in [3.05, 3.63) is 36.5 Å². The molecule has 0 saturated heterocycles. The van der Waals surface area contributed by atoms with Crippen LogP contribution in [0.3, 0.4) is 0 Å². The van der Waals surface area contributed by atoms with Crippen molar-refractivity contribution in [3.63, 3.8) is 0 Å². The summed E-state index contributed by atoms with van der Waals surface area (Å²) in [6.45, 7) is 8.30. The molecule has 0 radical (unpaired) electrons. The number of hydrogen-bond acceptors (Lipinski definition) is 3. The molecular formula is C20H33Cl2N3OSi. The van der Waals surface area contributed by atoms with E-state index in [2.05, 4.69) is 36.4 Å². The van der Waals surface area contributed by atoms with Crippen molar-refractivity contribution in [2.45, 2.75) is 51.4 Å². The maximum atomic E-state index is 12.2. The number of rotatable bonds is 10. The van der Waals surface area contributed by atoms with Crippen LogP contribution in [0.4, 0.5) is 5.69 Å². The van der Waals surface area contributed by atoms with E-state index < -0.39 is 8.07 Å². The van der Waals surface area contributed by atoms with Gasteiger partial charge in [0.1, 0.15) is 0 Å². The molecular weight excluding hydrogens is 397 g/mol. The van der Waals surface area contributed by atoms with Crippen LogP contribution in [0.2, 0.25) is 24.2 Å². The van der Waals surface area contributed by atoms with Crippen molar-refractivity contribution in [3.8, 4) is 0 Å². The number of nitrogens with one attached hydrogen (secondary N) is 2. The summed E-state index contributed by atoms with van der Waals surface area (Å²) in [6, 6.07) is 15.2. The summed E-state index contributed by atoms with van der Waals surface area (Å²) in [5.74, 6) is -0.0110. The highest BCUT2D eigenvalue weighted by atomic mass is 35.5. The first kappa shape index (κ1) is 25.9. The molecule has 0 atom stereocenters. The third kappa shape index (κ3) is 7.41. The van der Waals surface area contributed by atoms with Crippen LogP contribution in [0.25, 0.3) is 10.9 Å². The fraction of sp³-hybridized carbons (Fsp3) is 0.500. The summed E-state index contributed by atoms with van der Waals surface area (Å²) in [4.78, 5) is 16.6. The third-order valence-corrected chi connectivity index (χ3v) is 11.4. The summed E-state index contributed by atoms with van der Waals surface area (Å²) < 4.78 is 0. The number of fused-ring (bicyclic) bond motifs is 1. The van der Waals surface area contributed by atoms with E-state index in [0.717, 1.165) is 23.1 Å². The SMILES string of the molecule is CC[Si](CC)(CC)CCCNCC(=O)Nc1cccc2cccnc12.Cl.Cl. The van der Waals surface area contributed by atoms with Crippen molar-refractivity contribution in [2.75, 3.05) is 18.4 Å². The van der Waals surface area contributed by atoms with Crippen LogP contribution in [0.15, 0.2) is 36.5 Å². The maximum absolute atomic E-state index is 12.2. The molecule has 0 aliphatic rings. The van der Waals surface area contributed by atoms with Crippen LogP contribution in [0.1, 0.15) is 27.2 Å². The number of anilines is 1. The molecule has 1 aromatic carbocycles. The lowest BCUT2D eigenvalue weighted by atomic mass is 10.2. The average molecular weight is 430 g/mol. The zero-order valence-corrected chi connectivity index (χ0v) is 19.2. The lowest BCUT2D eigenvalue weighted by Crippen LogP contribution is -2.33. The van der Waals surface area contributed by atoms with Crippen molar-refractivity contribution < 1.29 is 4.79 Å². The number of aromatic nitrogens is 1. The smallest absolute Gasteiger partial charge is 0.238 e. The van der Waals surface area contributed by atoms with Crippen LogP contribution in [-0.4, -0.2) is 32.1 Å². The van der Waals surface area contributed by atoms with Crippen LogP contribution in [-0.2, 0) is 4.79 Å². The molecule has 2 N–H and O–H groups in total. The number of carbonyl (C=O) groups excluding carboxylic acids is 1. The number of amides is 1. The Balaban J connectivity index is 0.00000338. The second kappa shape index (κ2) is 13.1. The molecule has 0 fully saturated rings. The van der Waals surface area contributed by atoms with E-state index in [0.29, 0.717) is 6.54 Å². The summed E-state index contributed by atoms with van der Waals surface area (Å²) in [5.41, 5.74) is 1.61. The lowest BCUT2D eigenvalue weighted by molar-refractivity contribution is -0.115. The van der Waals surface area contributed by atoms with E-state index in [-0.39, 0.29) is 30.7 Å². The Hall–Kier alpha value is -1.14. The Kier molecular flexibility index (Phi) is 12.5. The molecule has 27 heavy (non-hydrogen) atoms. The van der Waals surface area contributed by atoms with E-state index in [9.17, 15) is 4.79 Å². The molecule has 152 valence electrons. The largest absolute Gasteiger partial charge is 0.323 e. The molecule has 0 bridgehead atoms. The van der Waals surface area contributed by atoms with E-state index in [1.165, 1.54) is 30.6 Å². The van der Waals surface area contributed by atoms with Gasteiger partial charge in [0.2, 0.25) is 5.91 Å². The predicted octanol–water partition coefficient (Wildman–Crippen LogP) is 5.51. The van der Waals surface area contributed by atoms with Gasteiger partial charge >= 0.3 is 0 Å². The molecule has 1 amide bonds. The minimum atomic E-state index is -1.03. The first-order chi connectivity index (χ1) is 12.1. The van der Waals surface area contributed by atoms with Gasteiger partial charge in [-0.2, -0.15) is 0 Å². The molecule has 1 aromatic heterocycles. The van der Waals surface area contributed by atoms with Crippen LogP contribution < -0.4 is 10.6 Å². The zero-order valence-electron chi connectivity index (χ0n) is 16.6. The monoisotopic (exact) mass is 429 g/mol. The van der Waals surface area contributed by atoms with Crippen LogP contribution >= 0.6 is 24.8 Å². The van der Waals surface area contributed by atoms with Crippen molar-refractivity contribution in [2.24, 2.45) is 0 Å². The van der Waals surface area contributed by atoms with Crippen molar-refractivity contribution in [1.82, 2.24) is 10.3 Å². The highest BCUT2D eigenvalue weighted by molar-refractivity contribution is 6.79. The molecule has 2 aromatic rings. The first-order valence-corrected chi connectivity index (χ1v) is 12.3.